The second kappa shape index (κ2) is 12.7. The Morgan fingerprint density at radius 3 is 1.72 bits per heavy atom. The first kappa shape index (κ1) is 34.2. The van der Waals surface area contributed by atoms with Crippen LogP contribution in [0.2, 0.25) is 0 Å². The smallest absolute Gasteiger partial charge is 0.0541 e. The van der Waals surface area contributed by atoms with Gasteiger partial charge < -0.3 is 9.47 Å². The molecule has 2 heteroatoms. The molecule has 0 spiro atoms. The van der Waals surface area contributed by atoms with Crippen molar-refractivity contribution in [3.05, 3.63) is 217 Å². The van der Waals surface area contributed by atoms with E-state index in [-0.39, 0.29) is 5.41 Å². The normalized spacial score (nSPS) is 13.2. The van der Waals surface area contributed by atoms with Gasteiger partial charge in [-0.2, -0.15) is 0 Å². The van der Waals surface area contributed by atoms with Gasteiger partial charge in [0, 0.05) is 38.9 Å². The van der Waals surface area contributed by atoms with Crippen LogP contribution in [0.1, 0.15) is 25.0 Å². The molecule has 1 aliphatic carbocycles. The molecule has 61 heavy (non-hydrogen) atoms. The van der Waals surface area contributed by atoms with Crippen LogP contribution in [0.25, 0.3) is 92.8 Å². The minimum absolute atomic E-state index is 0.101. The Kier molecular flexibility index (Phi) is 7.10. The van der Waals surface area contributed by atoms with Crippen LogP contribution in [-0.2, 0) is 5.41 Å². The maximum absolute atomic E-state index is 2.46. The lowest BCUT2D eigenvalue weighted by Crippen LogP contribution is -2.16. The van der Waals surface area contributed by atoms with E-state index in [4.69, 9.17) is 0 Å². The molecular weight excluding hydrogens is 737 g/mol. The molecule has 0 saturated carbocycles. The van der Waals surface area contributed by atoms with Crippen LogP contribution in [0.5, 0.6) is 0 Å². The molecule has 13 rings (SSSR count). The fourth-order valence-corrected chi connectivity index (χ4v) is 10.7. The zero-order valence-electron chi connectivity index (χ0n) is 34.0. The lowest BCUT2D eigenvalue weighted by atomic mass is 9.82. The molecule has 2 nitrogen and oxygen atoms in total. The standard InChI is InChI=1S/C59H40N2/c1-59(2)53-18-10-8-16-49(53)50-28-27-47(36-54(50)59)60(46-26-24-37-12-6-7-13-38(37)32-46)48-33-42-22-20-40-30-44(31-41-21-23-43(34-48)58(42)57(40)41)39-25-29-56-52(35-39)51-17-9-11-19-55(51)61(56)45-14-4-3-5-15-45/h3-36H,1-2H3. The molecule has 0 amide bonds. The van der Waals surface area contributed by atoms with Crippen molar-refractivity contribution < 1.29 is 0 Å². The summed E-state index contributed by atoms with van der Waals surface area (Å²) in [5.74, 6) is 0. The minimum Gasteiger partial charge on any atom is -0.310 e. The Morgan fingerprint density at radius 2 is 0.934 bits per heavy atom. The first-order valence-corrected chi connectivity index (χ1v) is 21.3. The van der Waals surface area contributed by atoms with Crippen LogP contribution in [0.15, 0.2) is 206 Å². The predicted molar refractivity (Wildman–Crippen MR) is 260 cm³/mol. The monoisotopic (exact) mass is 776 g/mol. The van der Waals surface area contributed by atoms with Crippen molar-refractivity contribution in [3.8, 4) is 27.9 Å². The predicted octanol–water partition coefficient (Wildman–Crippen LogP) is 16.3. The summed E-state index contributed by atoms with van der Waals surface area (Å²) in [5.41, 5.74) is 14.9. The molecule has 0 atom stereocenters. The number of benzene rings is 11. The molecular formula is C59H40N2. The van der Waals surface area contributed by atoms with Crippen LogP contribution >= 0.6 is 0 Å². The van der Waals surface area contributed by atoms with Gasteiger partial charge in [0.15, 0.2) is 0 Å². The van der Waals surface area contributed by atoms with E-state index in [2.05, 4.69) is 230 Å². The fourth-order valence-electron chi connectivity index (χ4n) is 10.7. The van der Waals surface area contributed by atoms with Gasteiger partial charge >= 0.3 is 0 Å². The molecule has 0 saturated heterocycles. The van der Waals surface area contributed by atoms with E-state index >= 15 is 0 Å². The van der Waals surface area contributed by atoms with Crippen molar-refractivity contribution in [2.75, 3.05) is 4.90 Å². The number of hydrogen-bond donors (Lipinski definition) is 0. The highest BCUT2D eigenvalue weighted by Gasteiger charge is 2.36. The molecule has 286 valence electrons. The molecule has 0 aliphatic heterocycles. The maximum atomic E-state index is 2.46. The van der Waals surface area contributed by atoms with Gasteiger partial charge in [-0.1, -0.05) is 141 Å². The number of rotatable bonds is 5. The average molecular weight is 777 g/mol. The number of anilines is 3. The number of nitrogens with zero attached hydrogens (tertiary/aromatic N) is 2. The first-order chi connectivity index (χ1) is 30.0. The van der Waals surface area contributed by atoms with E-state index in [1.807, 2.05) is 0 Å². The average Bonchev–Trinajstić information content (AvgIpc) is 3.76. The molecule has 0 unspecified atom stereocenters. The Hall–Kier alpha value is -7.68. The highest BCUT2D eigenvalue weighted by atomic mass is 15.1. The Bertz CT molecular complexity index is 3670. The van der Waals surface area contributed by atoms with Crippen molar-refractivity contribution in [3.63, 3.8) is 0 Å². The Morgan fingerprint density at radius 1 is 0.361 bits per heavy atom. The molecule has 0 radical (unpaired) electrons. The third-order valence-corrected chi connectivity index (χ3v) is 13.6. The summed E-state index contributed by atoms with van der Waals surface area (Å²) < 4.78 is 2.38. The second-order valence-electron chi connectivity index (χ2n) is 17.4. The Labute approximate surface area is 354 Å². The van der Waals surface area contributed by atoms with Crippen LogP contribution in [-0.4, -0.2) is 4.57 Å². The summed E-state index contributed by atoms with van der Waals surface area (Å²) in [6.07, 6.45) is 0. The summed E-state index contributed by atoms with van der Waals surface area (Å²) >= 11 is 0. The second-order valence-corrected chi connectivity index (χ2v) is 17.4. The molecule has 11 aromatic carbocycles. The fraction of sp³-hybridized carbons (Fsp3) is 0.0508. The van der Waals surface area contributed by atoms with Crippen molar-refractivity contribution >= 4 is 82.0 Å². The largest absolute Gasteiger partial charge is 0.310 e. The van der Waals surface area contributed by atoms with E-state index in [0.29, 0.717) is 0 Å². The molecule has 0 bridgehead atoms. The van der Waals surface area contributed by atoms with Crippen LogP contribution in [0, 0.1) is 0 Å². The van der Waals surface area contributed by atoms with Crippen LogP contribution < -0.4 is 4.90 Å². The highest BCUT2D eigenvalue weighted by Crippen LogP contribution is 2.51. The molecule has 1 heterocycles. The van der Waals surface area contributed by atoms with E-state index in [0.717, 1.165) is 17.1 Å². The lowest BCUT2D eigenvalue weighted by Gasteiger charge is -2.29. The maximum Gasteiger partial charge on any atom is 0.0541 e. The quantitative estimate of drug-likeness (QED) is 0.158. The van der Waals surface area contributed by atoms with Crippen molar-refractivity contribution in [1.29, 1.82) is 0 Å². The lowest BCUT2D eigenvalue weighted by molar-refractivity contribution is 0.660. The van der Waals surface area contributed by atoms with Crippen molar-refractivity contribution in [1.82, 2.24) is 4.57 Å². The van der Waals surface area contributed by atoms with Gasteiger partial charge in [-0.05, 0) is 155 Å². The van der Waals surface area contributed by atoms with E-state index < -0.39 is 0 Å². The first-order valence-electron chi connectivity index (χ1n) is 21.3. The van der Waals surface area contributed by atoms with Crippen molar-refractivity contribution in [2.45, 2.75) is 19.3 Å². The summed E-state index contributed by atoms with van der Waals surface area (Å²) in [7, 11) is 0. The van der Waals surface area contributed by atoms with Gasteiger partial charge in [0.1, 0.15) is 0 Å². The molecule has 1 aromatic heterocycles. The number of para-hydroxylation sites is 2. The molecule has 0 fully saturated rings. The number of fused-ring (bicyclic) bond motifs is 7. The molecule has 12 aromatic rings. The zero-order valence-corrected chi connectivity index (χ0v) is 34.0. The summed E-state index contributed by atoms with van der Waals surface area (Å²) in [6.45, 7) is 4.73. The van der Waals surface area contributed by atoms with Gasteiger partial charge in [-0.25, -0.2) is 0 Å². The number of hydrogen-bond acceptors (Lipinski definition) is 1. The third-order valence-electron chi connectivity index (χ3n) is 13.6. The minimum atomic E-state index is -0.101. The van der Waals surface area contributed by atoms with Crippen molar-refractivity contribution in [2.24, 2.45) is 0 Å². The van der Waals surface area contributed by atoms with Gasteiger partial charge in [0.25, 0.3) is 0 Å². The van der Waals surface area contributed by atoms with E-state index in [1.54, 1.807) is 0 Å². The molecule has 0 N–H and O–H groups in total. The van der Waals surface area contributed by atoms with Crippen LogP contribution in [0.4, 0.5) is 17.1 Å². The topological polar surface area (TPSA) is 8.17 Å². The zero-order chi connectivity index (χ0) is 40.4. The van der Waals surface area contributed by atoms with Gasteiger partial charge in [-0.3, -0.25) is 0 Å². The van der Waals surface area contributed by atoms with Gasteiger partial charge in [0.2, 0.25) is 0 Å². The van der Waals surface area contributed by atoms with E-state index in [1.165, 1.54) is 104 Å². The summed E-state index contributed by atoms with van der Waals surface area (Å²) in [4.78, 5) is 2.46. The van der Waals surface area contributed by atoms with Crippen LogP contribution in [0.3, 0.4) is 0 Å². The van der Waals surface area contributed by atoms with E-state index in [9.17, 15) is 0 Å². The Balaban J connectivity index is 0.961. The highest BCUT2D eigenvalue weighted by molar-refractivity contribution is 6.25. The van der Waals surface area contributed by atoms with Gasteiger partial charge in [-0.15, -0.1) is 0 Å². The number of aromatic nitrogens is 1. The van der Waals surface area contributed by atoms with Gasteiger partial charge in [0.05, 0.1) is 11.0 Å². The SMILES string of the molecule is CC1(C)c2ccccc2-c2ccc(N(c3ccc4ccccc4c3)c3cc4ccc5cc(-c6ccc7c(c6)c6ccccc6n7-c6ccccc6)cc6ccc(c3)c4c56)cc21. The third kappa shape index (κ3) is 5.03. The molecule has 1 aliphatic rings. The summed E-state index contributed by atoms with van der Waals surface area (Å²) in [5, 5.41) is 12.6. The summed E-state index contributed by atoms with van der Waals surface area (Å²) in [6, 6.07) is 76.8.